The fraction of sp³-hybridized carbons (Fsp3) is 0.167. The number of ether oxygens (including phenoxy) is 1. The topological polar surface area (TPSA) is 9.23 Å². The maximum atomic E-state index is 6.51. The first-order valence-electron chi connectivity index (χ1n) is 9.07. The molecular formula is C24H18O. The van der Waals surface area contributed by atoms with Gasteiger partial charge in [0.2, 0.25) is 0 Å². The Balaban J connectivity index is 1.79. The summed E-state index contributed by atoms with van der Waals surface area (Å²) < 4.78 is 6.51. The summed E-state index contributed by atoms with van der Waals surface area (Å²) in [5.74, 6) is 0. The fourth-order valence-electron chi connectivity index (χ4n) is 4.91. The molecule has 0 amide bonds. The monoisotopic (exact) mass is 322 g/mol. The Morgan fingerprint density at radius 1 is 0.720 bits per heavy atom. The minimum Gasteiger partial charge on any atom is -0.365 e. The summed E-state index contributed by atoms with van der Waals surface area (Å²) in [6.07, 6.45) is 2.19. The molecule has 1 fully saturated rings. The van der Waals surface area contributed by atoms with Crippen LogP contribution in [0.25, 0.3) is 32.7 Å². The number of hydrogen-bond acceptors (Lipinski definition) is 1. The highest BCUT2D eigenvalue weighted by atomic mass is 16.5. The van der Waals surface area contributed by atoms with Crippen molar-refractivity contribution in [1.29, 1.82) is 0 Å². The van der Waals surface area contributed by atoms with Crippen LogP contribution in [0, 0.1) is 0 Å². The standard InChI is InChI=1S/C24H18O/c1-2-8-18-15-22-21(14-17(18)7-1)20-11-10-16-6-3-4-9-19(16)23(20)24(22)12-5-13-25-24/h1-4,6-11,14-15H,5,12-13H2. The smallest absolute Gasteiger partial charge is 0.120 e. The second-order valence-electron chi connectivity index (χ2n) is 7.23. The summed E-state index contributed by atoms with van der Waals surface area (Å²) in [7, 11) is 0. The first-order valence-corrected chi connectivity index (χ1v) is 9.07. The van der Waals surface area contributed by atoms with Gasteiger partial charge in [-0.15, -0.1) is 0 Å². The lowest BCUT2D eigenvalue weighted by Crippen LogP contribution is -2.23. The highest BCUT2D eigenvalue weighted by Gasteiger charge is 2.47. The Morgan fingerprint density at radius 2 is 1.48 bits per heavy atom. The lowest BCUT2D eigenvalue weighted by Gasteiger charge is -2.27. The minimum absolute atomic E-state index is 0.268. The van der Waals surface area contributed by atoms with Crippen molar-refractivity contribution >= 4 is 21.5 Å². The van der Waals surface area contributed by atoms with Gasteiger partial charge in [0.1, 0.15) is 5.60 Å². The molecule has 4 aromatic carbocycles. The molecule has 1 heteroatoms. The van der Waals surface area contributed by atoms with Gasteiger partial charge in [0.05, 0.1) is 0 Å². The van der Waals surface area contributed by atoms with Gasteiger partial charge in [0.15, 0.2) is 0 Å². The maximum absolute atomic E-state index is 6.51. The van der Waals surface area contributed by atoms with E-state index in [0.29, 0.717) is 0 Å². The van der Waals surface area contributed by atoms with E-state index in [-0.39, 0.29) is 5.60 Å². The van der Waals surface area contributed by atoms with Crippen LogP contribution in [0.15, 0.2) is 72.8 Å². The van der Waals surface area contributed by atoms with E-state index in [9.17, 15) is 0 Å². The van der Waals surface area contributed by atoms with Crippen molar-refractivity contribution in [2.24, 2.45) is 0 Å². The normalized spacial score (nSPS) is 21.1. The third-order valence-electron chi connectivity index (χ3n) is 5.97. The molecule has 2 aliphatic rings. The molecule has 1 atom stereocenters. The molecule has 0 saturated carbocycles. The quantitative estimate of drug-likeness (QED) is 0.384. The van der Waals surface area contributed by atoms with Gasteiger partial charge in [-0.1, -0.05) is 60.7 Å². The predicted molar refractivity (Wildman–Crippen MR) is 103 cm³/mol. The van der Waals surface area contributed by atoms with E-state index in [1.54, 1.807) is 0 Å². The lowest BCUT2D eigenvalue weighted by atomic mass is 9.85. The van der Waals surface area contributed by atoms with Crippen molar-refractivity contribution in [3.8, 4) is 11.1 Å². The van der Waals surface area contributed by atoms with Crippen molar-refractivity contribution in [2.45, 2.75) is 18.4 Å². The Hall–Kier alpha value is -2.64. The second-order valence-corrected chi connectivity index (χ2v) is 7.23. The number of fused-ring (bicyclic) bond motifs is 8. The summed E-state index contributed by atoms with van der Waals surface area (Å²) in [5, 5.41) is 5.24. The van der Waals surface area contributed by atoms with E-state index < -0.39 is 0 Å². The van der Waals surface area contributed by atoms with Crippen molar-refractivity contribution in [1.82, 2.24) is 0 Å². The lowest BCUT2D eigenvalue weighted by molar-refractivity contribution is 0.0410. The van der Waals surface area contributed by atoms with E-state index in [0.717, 1.165) is 19.4 Å². The van der Waals surface area contributed by atoms with Crippen LogP contribution in [0.5, 0.6) is 0 Å². The summed E-state index contributed by atoms with van der Waals surface area (Å²) in [6, 6.07) is 26.6. The van der Waals surface area contributed by atoms with Gasteiger partial charge in [-0.2, -0.15) is 0 Å². The Bertz CT molecular complexity index is 1150. The molecule has 0 radical (unpaired) electrons. The summed E-state index contributed by atoms with van der Waals surface area (Å²) in [5.41, 5.74) is 5.17. The first-order chi connectivity index (χ1) is 12.4. The Labute approximate surface area is 146 Å². The van der Waals surface area contributed by atoms with Crippen LogP contribution in [-0.4, -0.2) is 6.61 Å². The van der Waals surface area contributed by atoms with Crippen LogP contribution in [-0.2, 0) is 10.3 Å². The molecule has 1 saturated heterocycles. The van der Waals surface area contributed by atoms with Crippen molar-refractivity contribution < 1.29 is 4.74 Å². The maximum Gasteiger partial charge on any atom is 0.120 e. The molecule has 1 aliphatic heterocycles. The Kier molecular flexibility index (Phi) is 2.57. The number of hydrogen-bond donors (Lipinski definition) is 0. The van der Waals surface area contributed by atoms with Gasteiger partial charge >= 0.3 is 0 Å². The average molecular weight is 322 g/mol. The van der Waals surface area contributed by atoms with Crippen LogP contribution < -0.4 is 0 Å². The number of rotatable bonds is 0. The number of benzene rings is 4. The highest BCUT2D eigenvalue weighted by Crippen LogP contribution is 2.57. The zero-order valence-electron chi connectivity index (χ0n) is 14.0. The highest BCUT2D eigenvalue weighted by molar-refractivity contribution is 6.00. The van der Waals surface area contributed by atoms with Gasteiger partial charge in [0, 0.05) is 12.2 Å². The second kappa shape index (κ2) is 4.71. The van der Waals surface area contributed by atoms with E-state index in [1.165, 1.54) is 43.8 Å². The van der Waals surface area contributed by atoms with Gasteiger partial charge in [-0.05, 0) is 63.2 Å². The van der Waals surface area contributed by atoms with E-state index >= 15 is 0 Å². The molecule has 0 N–H and O–H groups in total. The minimum atomic E-state index is -0.268. The van der Waals surface area contributed by atoms with Gasteiger partial charge in [-0.25, -0.2) is 0 Å². The zero-order chi connectivity index (χ0) is 16.4. The molecule has 0 bridgehead atoms. The Morgan fingerprint density at radius 3 is 2.28 bits per heavy atom. The molecule has 1 spiro atoms. The van der Waals surface area contributed by atoms with E-state index in [1.807, 2.05) is 0 Å². The summed E-state index contributed by atoms with van der Waals surface area (Å²) >= 11 is 0. The molecule has 1 nitrogen and oxygen atoms in total. The largest absolute Gasteiger partial charge is 0.365 e. The first kappa shape index (κ1) is 13.6. The molecule has 0 aromatic heterocycles. The van der Waals surface area contributed by atoms with E-state index in [4.69, 9.17) is 4.74 Å². The predicted octanol–water partition coefficient (Wildman–Crippen LogP) is 6.03. The molecule has 1 unspecified atom stereocenters. The molecular weight excluding hydrogens is 304 g/mol. The van der Waals surface area contributed by atoms with Crippen molar-refractivity contribution in [2.75, 3.05) is 6.61 Å². The van der Waals surface area contributed by atoms with Crippen LogP contribution in [0.4, 0.5) is 0 Å². The van der Waals surface area contributed by atoms with Crippen LogP contribution in [0.1, 0.15) is 24.0 Å². The molecule has 4 aromatic rings. The average Bonchev–Trinajstić information content (AvgIpc) is 3.25. The van der Waals surface area contributed by atoms with Crippen LogP contribution in [0.3, 0.4) is 0 Å². The molecule has 25 heavy (non-hydrogen) atoms. The molecule has 1 heterocycles. The molecule has 6 rings (SSSR count). The molecule has 120 valence electrons. The van der Waals surface area contributed by atoms with E-state index in [2.05, 4.69) is 72.8 Å². The summed E-state index contributed by atoms with van der Waals surface area (Å²) in [4.78, 5) is 0. The van der Waals surface area contributed by atoms with Gasteiger partial charge < -0.3 is 4.74 Å². The van der Waals surface area contributed by atoms with Crippen LogP contribution >= 0.6 is 0 Å². The fourth-order valence-corrected chi connectivity index (χ4v) is 4.91. The van der Waals surface area contributed by atoms with Crippen molar-refractivity contribution in [3.05, 3.63) is 83.9 Å². The van der Waals surface area contributed by atoms with Crippen LogP contribution in [0.2, 0.25) is 0 Å². The van der Waals surface area contributed by atoms with Gasteiger partial charge in [0.25, 0.3) is 0 Å². The third-order valence-corrected chi connectivity index (χ3v) is 5.97. The third kappa shape index (κ3) is 1.66. The SMILES string of the molecule is c1ccc2cc3c(cc2c1)-c1ccc2ccccc2c1C31CCCO1. The zero-order valence-corrected chi connectivity index (χ0v) is 14.0. The molecule has 1 aliphatic carbocycles. The summed E-state index contributed by atoms with van der Waals surface area (Å²) in [6.45, 7) is 0.842. The van der Waals surface area contributed by atoms with Crippen molar-refractivity contribution in [3.63, 3.8) is 0 Å². The van der Waals surface area contributed by atoms with Gasteiger partial charge in [-0.3, -0.25) is 0 Å².